The molecule has 1 amide bonds. The summed E-state index contributed by atoms with van der Waals surface area (Å²) in [6.07, 6.45) is 4.86. The highest BCUT2D eigenvalue weighted by molar-refractivity contribution is 6.10. The Hall–Kier alpha value is -3.55. The fourth-order valence-electron chi connectivity index (χ4n) is 4.08. The van der Waals surface area contributed by atoms with E-state index in [1.54, 1.807) is 46.0 Å². The summed E-state index contributed by atoms with van der Waals surface area (Å²) in [6.45, 7) is 9.00. The van der Waals surface area contributed by atoms with Crippen molar-refractivity contribution in [2.24, 2.45) is 0 Å². The van der Waals surface area contributed by atoms with Crippen molar-refractivity contribution < 1.29 is 24.2 Å². The third kappa shape index (κ3) is 4.25. The molecule has 1 aliphatic rings. The molecule has 0 saturated heterocycles. The zero-order chi connectivity index (χ0) is 24.1. The van der Waals surface area contributed by atoms with Crippen LogP contribution in [0.4, 0.5) is 10.5 Å². The molecule has 0 unspecified atom stereocenters. The highest BCUT2D eigenvalue weighted by Gasteiger charge is 2.32. The molecule has 0 spiro atoms. The number of fused-ring (bicyclic) bond motifs is 1. The lowest BCUT2D eigenvalue weighted by Gasteiger charge is -2.23. The van der Waals surface area contributed by atoms with Crippen LogP contribution in [-0.2, 0) is 9.47 Å². The molecule has 8 nitrogen and oxygen atoms in total. The van der Waals surface area contributed by atoms with Gasteiger partial charge in [-0.3, -0.25) is 5.32 Å². The number of esters is 1. The quantitative estimate of drug-likeness (QED) is 0.520. The van der Waals surface area contributed by atoms with Gasteiger partial charge in [0.2, 0.25) is 0 Å². The maximum Gasteiger partial charge on any atom is 0.412 e. The van der Waals surface area contributed by atoms with Crippen molar-refractivity contribution in [3.63, 3.8) is 0 Å². The molecule has 0 radical (unpaired) electrons. The summed E-state index contributed by atoms with van der Waals surface area (Å²) in [5.74, 6) is 0.690. The van der Waals surface area contributed by atoms with Crippen LogP contribution in [0.15, 0.2) is 24.5 Å². The first-order valence-corrected chi connectivity index (χ1v) is 10.9. The van der Waals surface area contributed by atoms with Gasteiger partial charge in [-0.2, -0.15) is 0 Å². The maximum absolute atomic E-state index is 13.0. The van der Waals surface area contributed by atoms with Gasteiger partial charge in [0.15, 0.2) is 0 Å². The number of aryl methyl sites for hydroxylation is 1. The largest absolute Gasteiger partial charge is 0.508 e. The number of amides is 1. The number of carbonyl (C=O) groups is 2. The minimum atomic E-state index is -0.730. The first-order valence-electron chi connectivity index (χ1n) is 10.9. The number of rotatable bonds is 4. The lowest BCUT2D eigenvalue weighted by molar-refractivity contribution is 0.0603. The number of pyridine rings is 1. The van der Waals surface area contributed by atoms with E-state index in [0.717, 1.165) is 24.2 Å². The van der Waals surface area contributed by atoms with Gasteiger partial charge in [0, 0.05) is 17.7 Å². The van der Waals surface area contributed by atoms with Crippen LogP contribution in [-0.4, -0.2) is 39.3 Å². The van der Waals surface area contributed by atoms with Crippen molar-refractivity contribution in [2.45, 2.75) is 59.0 Å². The van der Waals surface area contributed by atoms with Gasteiger partial charge in [0.1, 0.15) is 22.7 Å². The standard InChI is InChI=1S/C25H29N3O5/c1-13-7-10-18(29)14(2)19(13)16-12-28-17(11-26-22(28)15-8-9-15)20(23(30)32-6)21(16)27-24(31)33-25(3,4)5/h7,10-12,15,29H,8-9H2,1-6H3,(H,27,31). The number of ether oxygens (including phenoxy) is 2. The number of nitrogens with zero attached hydrogens (tertiary/aromatic N) is 2. The second-order valence-corrected chi connectivity index (χ2v) is 9.46. The van der Waals surface area contributed by atoms with Gasteiger partial charge in [-0.1, -0.05) is 6.07 Å². The number of hydrogen-bond donors (Lipinski definition) is 2. The topological polar surface area (TPSA) is 102 Å². The van der Waals surface area contributed by atoms with E-state index in [-0.39, 0.29) is 17.0 Å². The number of hydrogen-bond acceptors (Lipinski definition) is 6. The normalized spacial score (nSPS) is 13.8. The van der Waals surface area contributed by atoms with Crippen LogP contribution in [0.3, 0.4) is 0 Å². The Balaban J connectivity index is 2.05. The number of methoxy groups -OCH3 is 1. The maximum atomic E-state index is 13.0. The Morgan fingerprint density at radius 3 is 2.52 bits per heavy atom. The van der Waals surface area contributed by atoms with Crippen molar-refractivity contribution >= 4 is 23.3 Å². The molecular weight excluding hydrogens is 422 g/mol. The van der Waals surface area contributed by atoms with Gasteiger partial charge in [0.05, 0.1) is 24.5 Å². The molecule has 1 fully saturated rings. The molecule has 1 aliphatic carbocycles. The van der Waals surface area contributed by atoms with Gasteiger partial charge in [-0.25, -0.2) is 14.6 Å². The Morgan fingerprint density at radius 2 is 1.91 bits per heavy atom. The van der Waals surface area contributed by atoms with Crippen LogP contribution in [0.1, 0.15) is 66.8 Å². The number of aromatic hydroxyl groups is 1. The van der Waals surface area contributed by atoms with Crippen molar-refractivity contribution in [1.29, 1.82) is 0 Å². The molecule has 0 aliphatic heterocycles. The molecule has 1 aromatic carbocycles. The number of carbonyl (C=O) groups excluding carboxylic acids is 2. The number of phenols is 1. The zero-order valence-electron chi connectivity index (χ0n) is 19.8. The Bertz CT molecular complexity index is 1270. The number of imidazole rings is 1. The van der Waals surface area contributed by atoms with E-state index in [1.807, 2.05) is 17.5 Å². The van der Waals surface area contributed by atoms with Crippen molar-refractivity contribution in [3.05, 3.63) is 47.0 Å². The van der Waals surface area contributed by atoms with Crippen molar-refractivity contribution in [2.75, 3.05) is 12.4 Å². The fourth-order valence-corrected chi connectivity index (χ4v) is 4.08. The minimum absolute atomic E-state index is 0.117. The number of aromatic nitrogens is 2. The Kier molecular flexibility index (Phi) is 5.56. The summed E-state index contributed by atoms with van der Waals surface area (Å²) in [7, 11) is 1.30. The third-order valence-corrected chi connectivity index (χ3v) is 5.73. The molecular formula is C25H29N3O5. The number of phenolic OH excluding ortho intramolecular Hbond substituents is 1. The van der Waals surface area contributed by atoms with Crippen molar-refractivity contribution in [3.8, 4) is 16.9 Å². The number of nitrogens with one attached hydrogen (secondary N) is 1. The Morgan fingerprint density at radius 1 is 1.21 bits per heavy atom. The predicted octanol–water partition coefficient (Wildman–Crippen LogP) is 5.33. The zero-order valence-corrected chi connectivity index (χ0v) is 19.8. The third-order valence-electron chi connectivity index (χ3n) is 5.73. The van der Waals surface area contributed by atoms with Crippen LogP contribution in [0.5, 0.6) is 5.75 Å². The highest BCUT2D eigenvalue weighted by atomic mass is 16.6. The molecule has 4 rings (SSSR count). The second-order valence-electron chi connectivity index (χ2n) is 9.46. The van der Waals surface area contributed by atoms with Crippen LogP contribution in [0, 0.1) is 13.8 Å². The second kappa shape index (κ2) is 8.10. The van der Waals surface area contributed by atoms with E-state index in [0.29, 0.717) is 28.1 Å². The molecule has 2 N–H and O–H groups in total. The van der Waals surface area contributed by atoms with Gasteiger partial charge < -0.3 is 19.0 Å². The molecule has 0 atom stereocenters. The van der Waals surface area contributed by atoms with E-state index < -0.39 is 17.7 Å². The summed E-state index contributed by atoms with van der Waals surface area (Å²) in [6, 6.07) is 3.42. The number of benzene rings is 1. The molecule has 8 heteroatoms. The first kappa shape index (κ1) is 22.6. The molecule has 2 aromatic heterocycles. The summed E-state index contributed by atoms with van der Waals surface area (Å²) in [5.41, 5.74) is 3.03. The van der Waals surface area contributed by atoms with Crippen molar-refractivity contribution in [1.82, 2.24) is 9.38 Å². The highest BCUT2D eigenvalue weighted by Crippen LogP contribution is 2.44. The lowest BCUT2D eigenvalue weighted by Crippen LogP contribution is -2.28. The monoisotopic (exact) mass is 451 g/mol. The fraction of sp³-hybridized carbons (Fsp3) is 0.400. The van der Waals surface area contributed by atoms with Gasteiger partial charge in [0.25, 0.3) is 0 Å². The summed E-state index contributed by atoms with van der Waals surface area (Å²) < 4.78 is 12.5. The van der Waals surface area contributed by atoms with Gasteiger partial charge in [-0.15, -0.1) is 0 Å². The summed E-state index contributed by atoms with van der Waals surface area (Å²) >= 11 is 0. The summed E-state index contributed by atoms with van der Waals surface area (Å²) in [4.78, 5) is 30.4. The molecule has 3 aromatic rings. The van der Waals surface area contributed by atoms with E-state index in [4.69, 9.17) is 9.47 Å². The Labute approximate surface area is 192 Å². The average Bonchev–Trinajstić information content (AvgIpc) is 3.49. The molecule has 174 valence electrons. The van der Waals surface area contributed by atoms with Crippen LogP contribution >= 0.6 is 0 Å². The molecule has 1 saturated carbocycles. The average molecular weight is 452 g/mol. The minimum Gasteiger partial charge on any atom is -0.508 e. The first-order chi connectivity index (χ1) is 15.5. The molecule has 33 heavy (non-hydrogen) atoms. The van der Waals surface area contributed by atoms with Gasteiger partial charge in [-0.05, 0) is 70.2 Å². The molecule has 2 heterocycles. The lowest BCUT2D eigenvalue weighted by atomic mass is 9.93. The van der Waals surface area contributed by atoms with E-state index >= 15 is 0 Å². The van der Waals surface area contributed by atoms with Crippen LogP contribution < -0.4 is 5.32 Å². The van der Waals surface area contributed by atoms with E-state index in [9.17, 15) is 14.7 Å². The van der Waals surface area contributed by atoms with Gasteiger partial charge >= 0.3 is 12.1 Å². The smallest absolute Gasteiger partial charge is 0.412 e. The van der Waals surface area contributed by atoms with E-state index in [2.05, 4.69) is 10.3 Å². The number of anilines is 1. The SMILES string of the molecule is COC(=O)c1c(NC(=O)OC(C)(C)C)c(-c2c(C)ccc(O)c2C)cn2c(C3CC3)ncc12. The van der Waals surface area contributed by atoms with E-state index in [1.165, 1.54) is 7.11 Å². The van der Waals surface area contributed by atoms with Crippen LogP contribution in [0.2, 0.25) is 0 Å². The predicted molar refractivity (Wildman–Crippen MR) is 125 cm³/mol. The van der Waals surface area contributed by atoms with Crippen LogP contribution in [0.25, 0.3) is 16.6 Å². The summed E-state index contributed by atoms with van der Waals surface area (Å²) in [5, 5.41) is 13.2. The molecule has 0 bridgehead atoms.